The van der Waals surface area contributed by atoms with Gasteiger partial charge in [-0.05, 0) is 31.6 Å². The Bertz CT molecular complexity index is 227. The van der Waals surface area contributed by atoms with Crippen molar-refractivity contribution >= 4 is 0 Å². The maximum absolute atomic E-state index is 5.63. The zero-order valence-corrected chi connectivity index (χ0v) is 9.60. The maximum Gasteiger partial charge on any atom is 0.160 e. The monoisotopic (exact) mass is 228 g/mol. The molecule has 3 atom stereocenters. The van der Waals surface area contributed by atoms with Crippen LogP contribution in [-0.2, 0) is 18.9 Å². The lowest BCUT2D eigenvalue weighted by molar-refractivity contribution is -0.0905. The van der Waals surface area contributed by atoms with Crippen molar-refractivity contribution in [3.8, 4) is 0 Å². The summed E-state index contributed by atoms with van der Waals surface area (Å²) < 4.78 is 22.0. The van der Waals surface area contributed by atoms with Gasteiger partial charge >= 0.3 is 0 Å². The van der Waals surface area contributed by atoms with E-state index in [1.165, 1.54) is 19.3 Å². The first-order valence-corrected chi connectivity index (χ1v) is 6.40. The van der Waals surface area contributed by atoms with Gasteiger partial charge in [0.05, 0.1) is 26.4 Å². The van der Waals surface area contributed by atoms with Crippen molar-refractivity contribution in [3.05, 3.63) is 0 Å². The second-order valence-corrected chi connectivity index (χ2v) is 4.89. The molecule has 0 aromatic carbocycles. The lowest BCUT2D eigenvalue weighted by Crippen LogP contribution is -2.15. The molecule has 0 aromatic heterocycles. The van der Waals surface area contributed by atoms with E-state index in [4.69, 9.17) is 18.9 Å². The fourth-order valence-corrected chi connectivity index (χ4v) is 2.97. The SMILES string of the molecule is C(CC1OCCO1)C[C@H]1CO[C@H]2OCC[C@@H]12. The van der Waals surface area contributed by atoms with E-state index < -0.39 is 0 Å². The van der Waals surface area contributed by atoms with Crippen LogP contribution in [0.3, 0.4) is 0 Å². The highest BCUT2D eigenvalue weighted by Gasteiger charge is 2.40. The van der Waals surface area contributed by atoms with Crippen LogP contribution in [0.15, 0.2) is 0 Å². The molecule has 3 heterocycles. The van der Waals surface area contributed by atoms with Gasteiger partial charge in [0, 0.05) is 5.92 Å². The zero-order valence-electron chi connectivity index (χ0n) is 9.60. The molecule has 0 aliphatic carbocycles. The zero-order chi connectivity index (χ0) is 10.8. The number of hydrogen-bond donors (Lipinski definition) is 0. The molecular weight excluding hydrogens is 208 g/mol. The van der Waals surface area contributed by atoms with Crippen molar-refractivity contribution in [2.24, 2.45) is 11.8 Å². The van der Waals surface area contributed by atoms with Crippen LogP contribution >= 0.6 is 0 Å². The van der Waals surface area contributed by atoms with Gasteiger partial charge in [-0.15, -0.1) is 0 Å². The van der Waals surface area contributed by atoms with E-state index in [0.29, 0.717) is 11.8 Å². The van der Waals surface area contributed by atoms with Crippen LogP contribution in [0.1, 0.15) is 25.7 Å². The lowest BCUT2D eigenvalue weighted by Gasteiger charge is -2.15. The van der Waals surface area contributed by atoms with Gasteiger partial charge in [0.2, 0.25) is 0 Å². The molecule has 4 heteroatoms. The van der Waals surface area contributed by atoms with Crippen molar-refractivity contribution < 1.29 is 18.9 Å². The quantitative estimate of drug-likeness (QED) is 0.731. The van der Waals surface area contributed by atoms with Gasteiger partial charge < -0.3 is 18.9 Å². The molecule has 0 aromatic rings. The van der Waals surface area contributed by atoms with Crippen molar-refractivity contribution in [3.63, 3.8) is 0 Å². The highest BCUT2D eigenvalue weighted by molar-refractivity contribution is 4.82. The topological polar surface area (TPSA) is 36.9 Å². The molecular formula is C12H20O4. The van der Waals surface area contributed by atoms with E-state index in [2.05, 4.69) is 0 Å². The van der Waals surface area contributed by atoms with E-state index >= 15 is 0 Å². The largest absolute Gasteiger partial charge is 0.352 e. The molecule has 0 saturated carbocycles. The average Bonchev–Trinajstić information content (AvgIpc) is 2.95. The van der Waals surface area contributed by atoms with Gasteiger partial charge in [0.15, 0.2) is 12.6 Å². The fourth-order valence-electron chi connectivity index (χ4n) is 2.97. The predicted molar refractivity (Wildman–Crippen MR) is 56.8 cm³/mol. The first kappa shape index (κ1) is 11.0. The lowest BCUT2D eigenvalue weighted by atomic mass is 9.89. The summed E-state index contributed by atoms with van der Waals surface area (Å²) in [6.45, 7) is 3.27. The Labute approximate surface area is 96.2 Å². The van der Waals surface area contributed by atoms with Gasteiger partial charge in [0.25, 0.3) is 0 Å². The summed E-state index contributed by atoms with van der Waals surface area (Å²) >= 11 is 0. The third kappa shape index (κ3) is 2.25. The third-order valence-electron chi connectivity index (χ3n) is 3.87. The van der Waals surface area contributed by atoms with Crippen molar-refractivity contribution in [1.82, 2.24) is 0 Å². The van der Waals surface area contributed by atoms with Crippen molar-refractivity contribution in [2.45, 2.75) is 38.3 Å². The highest BCUT2D eigenvalue weighted by atomic mass is 16.7. The predicted octanol–water partition coefficient (Wildman–Crippen LogP) is 1.54. The first-order chi connectivity index (χ1) is 7.93. The Hall–Kier alpha value is -0.160. The minimum absolute atomic E-state index is 0.0537. The summed E-state index contributed by atoms with van der Waals surface area (Å²) in [5.41, 5.74) is 0. The van der Waals surface area contributed by atoms with Gasteiger partial charge in [-0.1, -0.05) is 0 Å². The maximum atomic E-state index is 5.63. The minimum Gasteiger partial charge on any atom is -0.352 e. The normalized spacial score (nSPS) is 39.4. The number of rotatable bonds is 4. The van der Waals surface area contributed by atoms with Gasteiger partial charge in [0.1, 0.15) is 0 Å². The van der Waals surface area contributed by atoms with Gasteiger partial charge in [-0.3, -0.25) is 0 Å². The summed E-state index contributed by atoms with van der Waals surface area (Å²) in [6.07, 6.45) is 4.73. The molecule has 3 aliphatic heterocycles. The van der Waals surface area contributed by atoms with Crippen LogP contribution in [0.5, 0.6) is 0 Å². The first-order valence-electron chi connectivity index (χ1n) is 6.40. The standard InChI is InChI=1S/C12H20O4/c1(3-11-13-6-7-14-11)2-9-8-16-12-10(9)4-5-15-12/h9-12H,1-8H2/t9-,10-,12+/m0/s1. The van der Waals surface area contributed by atoms with Crippen LogP contribution < -0.4 is 0 Å². The van der Waals surface area contributed by atoms with Gasteiger partial charge in [-0.2, -0.15) is 0 Å². The molecule has 0 unspecified atom stereocenters. The molecule has 3 aliphatic rings. The van der Waals surface area contributed by atoms with Crippen LogP contribution in [0.4, 0.5) is 0 Å². The molecule has 3 rings (SSSR count). The third-order valence-corrected chi connectivity index (χ3v) is 3.87. The molecule has 0 N–H and O–H groups in total. The molecule has 4 nitrogen and oxygen atoms in total. The molecule has 3 fully saturated rings. The van der Waals surface area contributed by atoms with E-state index in [-0.39, 0.29) is 12.6 Å². The van der Waals surface area contributed by atoms with E-state index in [0.717, 1.165) is 32.8 Å². The van der Waals surface area contributed by atoms with Crippen LogP contribution in [0.25, 0.3) is 0 Å². The van der Waals surface area contributed by atoms with E-state index in [1.807, 2.05) is 0 Å². The Balaban J connectivity index is 1.38. The molecule has 0 spiro atoms. The number of fused-ring (bicyclic) bond motifs is 1. The molecule has 16 heavy (non-hydrogen) atoms. The number of hydrogen-bond acceptors (Lipinski definition) is 4. The van der Waals surface area contributed by atoms with Crippen molar-refractivity contribution in [2.75, 3.05) is 26.4 Å². The fraction of sp³-hybridized carbons (Fsp3) is 1.00. The molecule has 0 radical (unpaired) electrons. The summed E-state index contributed by atoms with van der Waals surface area (Å²) in [5, 5.41) is 0. The second-order valence-electron chi connectivity index (χ2n) is 4.89. The Kier molecular flexibility index (Phi) is 3.43. The smallest absolute Gasteiger partial charge is 0.160 e. The summed E-state index contributed by atoms with van der Waals surface area (Å²) in [6, 6.07) is 0. The summed E-state index contributed by atoms with van der Waals surface area (Å²) in [4.78, 5) is 0. The van der Waals surface area contributed by atoms with Gasteiger partial charge in [-0.25, -0.2) is 0 Å². The highest BCUT2D eigenvalue weighted by Crippen LogP contribution is 2.38. The molecule has 92 valence electrons. The number of ether oxygens (including phenoxy) is 4. The van der Waals surface area contributed by atoms with Crippen LogP contribution in [0, 0.1) is 11.8 Å². The second kappa shape index (κ2) is 5.00. The van der Waals surface area contributed by atoms with Crippen molar-refractivity contribution in [1.29, 1.82) is 0 Å². The summed E-state index contributed by atoms with van der Waals surface area (Å²) in [7, 11) is 0. The minimum atomic E-state index is 0.0537. The summed E-state index contributed by atoms with van der Waals surface area (Å²) in [5.74, 6) is 1.33. The van der Waals surface area contributed by atoms with Crippen LogP contribution in [0.2, 0.25) is 0 Å². The Morgan fingerprint density at radius 1 is 0.875 bits per heavy atom. The Morgan fingerprint density at radius 3 is 2.62 bits per heavy atom. The van der Waals surface area contributed by atoms with E-state index in [9.17, 15) is 0 Å². The van der Waals surface area contributed by atoms with E-state index in [1.54, 1.807) is 0 Å². The molecule has 0 amide bonds. The average molecular weight is 228 g/mol. The molecule has 3 saturated heterocycles. The molecule has 0 bridgehead atoms. The van der Waals surface area contributed by atoms with Crippen LogP contribution in [-0.4, -0.2) is 39.0 Å². The Morgan fingerprint density at radius 2 is 1.75 bits per heavy atom.